The van der Waals surface area contributed by atoms with Gasteiger partial charge in [0.25, 0.3) is 0 Å². The quantitative estimate of drug-likeness (QED) is 0.632. The summed E-state index contributed by atoms with van der Waals surface area (Å²) in [6.07, 6.45) is 1.03. The fourth-order valence-corrected chi connectivity index (χ4v) is 2.34. The van der Waals surface area contributed by atoms with E-state index in [4.69, 9.17) is 0 Å². The predicted molar refractivity (Wildman–Crippen MR) is 55.9 cm³/mol. The Labute approximate surface area is 85.2 Å². The minimum Gasteiger partial charge on any atom is -0.467 e. The topological polar surface area (TPSA) is 24.7 Å². The van der Waals surface area contributed by atoms with Gasteiger partial charge in [0.1, 0.15) is 0 Å². The number of nitrogens with one attached hydrogen (secondary N) is 1. The standard InChI is InChI=1S/C12H17NO/c1-13-8-7-12(9-13,10-14)11-5-3-2-4-6-11/h2-6,13-14H,1,7-10H2. The number of rotatable bonds is 2. The lowest BCUT2D eigenvalue weighted by atomic mass is 9.80. The molecule has 0 radical (unpaired) electrons. The van der Waals surface area contributed by atoms with Crippen LogP contribution in [0.1, 0.15) is 12.0 Å². The van der Waals surface area contributed by atoms with Crippen molar-refractivity contribution in [2.45, 2.75) is 11.8 Å². The molecule has 2 unspecified atom stereocenters. The van der Waals surface area contributed by atoms with Gasteiger partial charge in [-0.05, 0) is 5.56 Å². The van der Waals surface area contributed by atoms with Crippen LogP contribution in [-0.4, -0.2) is 24.8 Å². The SMILES string of the molecule is [CH2-][NH+]1CCC(CO)(c2ccccc2)C1. The first-order chi connectivity index (χ1) is 6.77. The summed E-state index contributed by atoms with van der Waals surface area (Å²) in [5.41, 5.74) is 1.21. The van der Waals surface area contributed by atoms with Crippen molar-refractivity contribution in [3.63, 3.8) is 0 Å². The van der Waals surface area contributed by atoms with Crippen molar-refractivity contribution >= 4 is 0 Å². The second-order valence-electron chi connectivity index (χ2n) is 4.23. The fourth-order valence-electron chi connectivity index (χ4n) is 2.34. The van der Waals surface area contributed by atoms with E-state index in [0.29, 0.717) is 0 Å². The second-order valence-corrected chi connectivity index (χ2v) is 4.23. The van der Waals surface area contributed by atoms with Crippen LogP contribution in [0.25, 0.3) is 0 Å². The molecule has 1 aliphatic heterocycles. The molecular formula is C12H17NO. The molecular weight excluding hydrogens is 174 g/mol. The molecule has 1 heterocycles. The molecule has 0 aliphatic carbocycles. The molecule has 14 heavy (non-hydrogen) atoms. The largest absolute Gasteiger partial charge is 0.467 e. The summed E-state index contributed by atoms with van der Waals surface area (Å²) in [5, 5.41) is 9.55. The Balaban J connectivity index is 2.30. The van der Waals surface area contributed by atoms with E-state index >= 15 is 0 Å². The van der Waals surface area contributed by atoms with Crippen LogP contribution in [0.5, 0.6) is 0 Å². The van der Waals surface area contributed by atoms with Crippen molar-refractivity contribution in [1.82, 2.24) is 0 Å². The first-order valence-corrected chi connectivity index (χ1v) is 5.10. The molecule has 0 spiro atoms. The molecule has 2 heteroatoms. The molecule has 1 aromatic rings. The monoisotopic (exact) mass is 191 g/mol. The van der Waals surface area contributed by atoms with Crippen LogP contribution in [0.15, 0.2) is 30.3 Å². The number of hydrogen-bond donors (Lipinski definition) is 2. The molecule has 1 aromatic carbocycles. The summed E-state index contributed by atoms with van der Waals surface area (Å²) < 4.78 is 0. The number of likely N-dealkylation sites (tertiary alicyclic amines) is 1. The number of benzene rings is 1. The zero-order valence-corrected chi connectivity index (χ0v) is 8.37. The molecule has 2 atom stereocenters. The molecule has 1 fully saturated rings. The summed E-state index contributed by atoms with van der Waals surface area (Å²) in [6.45, 7) is 2.22. The van der Waals surface area contributed by atoms with Gasteiger partial charge in [0.15, 0.2) is 0 Å². The van der Waals surface area contributed by atoms with Gasteiger partial charge in [-0.2, -0.15) is 7.05 Å². The average Bonchev–Trinajstić information content (AvgIpc) is 2.63. The van der Waals surface area contributed by atoms with E-state index in [0.717, 1.165) is 19.5 Å². The van der Waals surface area contributed by atoms with Crippen LogP contribution in [0, 0.1) is 7.05 Å². The van der Waals surface area contributed by atoms with Crippen molar-refractivity contribution in [3.8, 4) is 0 Å². The van der Waals surface area contributed by atoms with Crippen LogP contribution >= 0.6 is 0 Å². The molecule has 2 rings (SSSR count). The van der Waals surface area contributed by atoms with Crippen molar-refractivity contribution in [2.24, 2.45) is 0 Å². The average molecular weight is 191 g/mol. The number of aliphatic hydroxyl groups is 1. The highest BCUT2D eigenvalue weighted by Gasteiger charge is 2.39. The maximum Gasteiger partial charge on any atom is 0.0704 e. The van der Waals surface area contributed by atoms with Crippen molar-refractivity contribution in [1.29, 1.82) is 0 Å². The Bertz CT molecular complexity index is 298. The Hall–Kier alpha value is -0.860. The Kier molecular flexibility index (Phi) is 2.57. The third-order valence-corrected chi connectivity index (χ3v) is 3.23. The first-order valence-electron chi connectivity index (χ1n) is 5.10. The third kappa shape index (κ3) is 1.56. The maximum absolute atomic E-state index is 9.55. The van der Waals surface area contributed by atoms with Gasteiger partial charge < -0.3 is 10.0 Å². The molecule has 0 saturated carbocycles. The van der Waals surface area contributed by atoms with E-state index < -0.39 is 0 Å². The fraction of sp³-hybridized carbons (Fsp3) is 0.417. The minimum atomic E-state index is -0.0433. The second kappa shape index (κ2) is 3.71. The van der Waals surface area contributed by atoms with Crippen LogP contribution in [0.4, 0.5) is 0 Å². The highest BCUT2D eigenvalue weighted by atomic mass is 16.3. The normalized spacial score (nSPS) is 32.0. The van der Waals surface area contributed by atoms with Gasteiger partial charge in [0.2, 0.25) is 0 Å². The Morgan fingerprint density at radius 1 is 1.36 bits per heavy atom. The van der Waals surface area contributed by atoms with E-state index in [9.17, 15) is 5.11 Å². The zero-order chi connectivity index (χ0) is 10.0. The van der Waals surface area contributed by atoms with E-state index in [1.165, 1.54) is 10.5 Å². The van der Waals surface area contributed by atoms with Gasteiger partial charge in [0, 0.05) is 6.42 Å². The number of hydrogen-bond acceptors (Lipinski definition) is 1. The summed E-state index contributed by atoms with van der Waals surface area (Å²) in [5.74, 6) is 0. The van der Waals surface area contributed by atoms with E-state index in [1.807, 2.05) is 18.2 Å². The number of quaternary nitrogens is 1. The van der Waals surface area contributed by atoms with Crippen LogP contribution < -0.4 is 4.90 Å². The molecule has 0 aromatic heterocycles. The van der Waals surface area contributed by atoms with Crippen LogP contribution in [0.2, 0.25) is 0 Å². The molecule has 2 N–H and O–H groups in total. The van der Waals surface area contributed by atoms with Crippen molar-refractivity contribution < 1.29 is 10.0 Å². The van der Waals surface area contributed by atoms with Gasteiger partial charge in [-0.3, -0.25) is 0 Å². The van der Waals surface area contributed by atoms with Crippen molar-refractivity contribution in [3.05, 3.63) is 42.9 Å². The predicted octanol–water partition coefficient (Wildman–Crippen LogP) is -0.00311. The maximum atomic E-state index is 9.55. The van der Waals surface area contributed by atoms with Gasteiger partial charge >= 0.3 is 0 Å². The van der Waals surface area contributed by atoms with Crippen molar-refractivity contribution in [2.75, 3.05) is 19.7 Å². The van der Waals surface area contributed by atoms with Gasteiger partial charge in [-0.15, -0.1) is 0 Å². The molecule has 76 valence electrons. The zero-order valence-electron chi connectivity index (χ0n) is 8.37. The summed E-state index contributed by atoms with van der Waals surface area (Å²) in [4.78, 5) is 1.27. The highest BCUT2D eigenvalue weighted by molar-refractivity contribution is 5.26. The van der Waals surface area contributed by atoms with Crippen LogP contribution in [-0.2, 0) is 5.41 Å². The van der Waals surface area contributed by atoms with E-state index in [2.05, 4.69) is 19.2 Å². The molecule has 0 bridgehead atoms. The highest BCUT2D eigenvalue weighted by Crippen LogP contribution is 2.27. The third-order valence-electron chi connectivity index (χ3n) is 3.23. The summed E-state index contributed by atoms with van der Waals surface area (Å²) in [6, 6.07) is 10.3. The van der Waals surface area contributed by atoms with Crippen LogP contribution in [0.3, 0.4) is 0 Å². The molecule has 1 saturated heterocycles. The summed E-state index contributed by atoms with van der Waals surface area (Å²) >= 11 is 0. The molecule has 0 amide bonds. The van der Waals surface area contributed by atoms with Gasteiger partial charge in [0.05, 0.1) is 25.1 Å². The van der Waals surface area contributed by atoms with E-state index in [1.54, 1.807) is 0 Å². The lowest BCUT2D eigenvalue weighted by Crippen LogP contribution is -3.05. The minimum absolute atomic E-state index is 0.0433. The lowest BCUT2D eigenvalue weighted by molar-refractivity contribution is -0.842. The molecule has 2 nitrogen and oxygen atoms in total. The smallest absolute Gasteiger partial charge is 0.0704 e. The van der Waals surface area contributed by atoms with Gasteiger partial charge in [-0.1, -0.05) is 30.3 Å². The number of aliphatic hydroxyl groups excluding tert-OH is 1. The van der Waals surface area contributed by atoms with E-state index in [-0.39, 0.29) is 12.0 Å². The van der Waals surface area contributed by atoms with Gasteiger partial charge in [-0.25, -0.2) is 0 Å². The summed E-state index contributed by atoms with van der Waals surface area (Å²) in [7, 11) is 4.01. The lowest BCUT2D eigenvalue weighted by Gasteiger charge is -2.25. The Morgan fingerprint density at radius 3 is 2.57 bits per heavy atom. The first kappa shape index (κ1) is 9.69. The Morgan fingerprint density at radius 2 is 2.07 bits per heavy atom. The molecule has 1 aliphatic rings.